The predicted octanol–water partition coefficient (Wildman–Crippen LogP) is 4.53. The zero-order valence-corrected chi connectivity index (χ0v) is 17.5. The van der Waals surface area contributed by atoms with Gasteiger partial charge in [-0.1, -0.05) is 0 Å². The van der Waals surface area contributed by atoms with E-state index in [-0.39, 0.29) is 0 Å². The number of fused-ring (bicyclic) bond motifs is 3. The van der Waals surface area contributed by atoms with Crippen LogP contribution >= 0.6 is 11.3 Å². The number of thiophene rings is 1. The minimum absolute atomic E-state index is 0.502. The number of nitrogens with zero attached hydrogens (tertiary/aromatic N) is 4. The highest BCUT2D eigenvalue weighted by atomic mass is 32.1. The van der Waals surface area contributed by atoms with E-state index in [2.05, 4.69) is 21.3 Å². The van der Waals surface area contributed by atoms with Gasteiger partial charge in [0.1, 0.15) is 10.6 Å². The van der Waals surface area contributed by atoms with Crippen LogP contribution in [0, 0.1) is 5.92 Å². The van der Waals surface area contributed by atoms with Gasteiger partial charge in [0.15, 0.2) is 5.82 Å². The van der Waals surface area contributed by atoms with Crippen LogP contribution in [0.25, 0.3) is 21.6 Å². The van der Waals surface area contributed by atoms with Crippen molar-refractivity contribution in [3.8, 4) is 11.4 Å². The Morgan fingerprint density at radius 1 is 1.10 bits per heavy atom. The van der Waals surface area contributed by atoms with Crippen LogP contribution in [0.15, 0.2) is 24.5 Å². The number of hydrogen-bond donors (Lipinski definition) is 1. The molecule has 1 N–H and O–H groups in total. The lowest BCUT2D eigenvalue weighted by molar-refractivity contribution is 0.211. The van der Waals surface area contributed by atoms with Crippen molar-refractivity contribution in [1.29, 1.82) is 0 Å². The van der Waals surface area contributed by atoms with E-state index in [4.69, 9.17) is 9.97 Å². The molecule has 29 heavy (non-hydrogen) atoms. The topological polar surface area (TPSA) is 53.9 Å². The van der Waals surface area contributed by atoms with Gasteiger partial charge in [-0.05, 0) is 68.6 Å². The fraction of sp³-hybridized carbons (Fsp3) is 0.522. The molecule has 6 heteroatoms. The molecule has 1 saturated heterocycles. The fourth-order valence-corrected chi connectivity index (χ4v) is 6.10. The number of nitrogens with one attached hydrogen (secondary N) is 1. The average molecular weight is 406 g/mol. The van der Waals surface area contributed by atoms with Gasteiger partial charge >= 0.3 is 0 Å². The average Bonchev–Trinajstić information content (AvgIpc) is 3.33. The van der Waals surface area contributed by atoms with Crippen LogP contribution in [0.5, 0.6) is 0 Å². The first-order valence-electron chi connectivity index (χ1n) is 11.0. The third-order valence-corrected chi connectivity index (χ3v) is 7.81. The Morgan fingerprint density at radius 2 is 2.00 bits per heavy atom. The van der Waals surface area contributed by atoms with Gasteiger partial charge in [-0.3, -0.25) is 4.98 Å². The molecule has 2 fully saturated rings. The maximum Gasteiger partial charge on any atom is 0.164 e. The van der Waals surface area contributed by atoms with E-state index in [0.29, 0.717) is 6.04 Å². The Kier molecular flexibility index (Phi) is 4.49. The molecule has 6 rings (SSSR count). The Labute approximate surface area is 175 Å². The van der Waals surface area contributed by atoms with E-state index in [1.807, 2.05) is 23.6 Å². The molecule has 1 saturated carbocycles. The third kappa shape index (κ3) is 3.53. The smallest absolute Gasteiger partial charge is 0.164 e. The highest BCUT2D eigenvalue weighted by Gasteiger charge is 2.28. The molecule has 0 atom stereocenters. The molecule has 3 aliphatic rings. The summed E-state index contributed by atoms with van der Waals surface area (Å²) in [6, 6.07) is 4.51. The Morgan fingerprint density at radius 3 is 2.79 bits per heavy atom. The van der Waals surface area contributed by atoms with Crippen molar-refractivity contribution in [2.24, 2.45) is 5.92 Å². The molecular weight excluding hydrogens is 378 g/mol. The standard InChI is InChI=1S/C23H27N5S/c1-4-18-19(5-1)29-23-20(18)22(26-21(27-23)16-3-2-10-24-13-16)25-17-8-11-28(12-9-17)14-15-6-7-15/h2-3,10,13,15,17H,1,4-9,11-12,14H2,(H,25,26,27). The van der Waals surface area contributed by atoms with Crippen molar-refractivity contribution < 1.29 is 0 Å². The highest BCUT2D eigenvalue weighted by molar-refractivity contribution is 7.19. The van der Waals surface area contributed by atoms with Gasteiger partial charge in [0.2, 0.25) is 0 Å². The number of aryl methyl sites for hydroxylation is 2. The molecule has 0 radical (unpaired) electrons. The number of anilines is 1. The molecule has 3 aromatic rings. The second kappa shape index (κ2) is 7.33. The van der Waals surface area contributed by atoms with E-state index in [1.165, 1.54) is 80.4 Å². The van der Waals surface area contributed by atoms with Crippen LogP contribution in [0.2, 0.25) is 0 Å². The lowest BCUT2D eigenvalue weighted by Crippen LogP contribution is -2.40. The van der Waals surface area contributed by atoms with Crippen molar-refractivity contribution >= 4 is 27.4 Å². The summed E-state index contributed by atoms with van der Waals surface area (Å²) in [6.45, 7) is 3.73. The van der Waals surface area contributed by atoms with Gasteiger partial charge in [0, 0.05) is 48.5 Å². The van der Waals surface area contributed by atoms with Crippen LogP contribution < -0.4 is 5.32 Å². The first-order valence-corrected chi connectivity index (χ1v) is 11.9. The van der Waals surface area contributed by atoms with Crippen LogP contribution in [0.3, 0.4) is 0 Å². The molecule has 3 aromatic heterocycles. The largest absolute Gasteiger partial charge is 0.367 e. The summed E-state index contributed by atoms with van der Waals surface area (Å²) in [5.74, 6) is 2.82. The number of piperidine rings is 1. The lowest BCUT2D eigenvalue weighted by atomic mass is 10.0. The number of likely N-dealkylation sites (tertiary alicyclic amines) is 1. The molecule has 4 heterocycles. The van der Waals surface area contributed by atoms with E-state index in [1.54, 1.807) is 6.20 Å². The lowest BCUT2D eigenvalue weighted by Gasteiger charge is -2.32. The number of hydrogen-bond acceptors (Lipinski definition) is 6. The highest BCUT2D eigenvalue weighted by Crippen LogP contribution is 2.41. The van der Waals surface area contributed by atoms with Crippen LogP contribution in [-0.2, 0) is 12.8 Å². The third-order valence-electron chi connectivity index (χ3n) is 6.63. The minimum Gasteiger partial charge on any atom is -0.367 e. The van der Waals surface area contributed by atoms with E-state index in [9.17, 15) is 0 Å². The molecular formula is C23H27N5S. The normalized spacial score (nSPS) is 20.3. The van der Waals surface area contributed by atoms with Gasteiger partial charge in [-0.25, -0.2) is 9.97 Å². The molecule has 2 aliphatic carbocycles. The van der Waals surface area contributed by atoms with E-state index >= 15 is 0 Å². The maximum atomic E-state index is 5.02. The van der Waals surface area contributed by atoms with Crippen LogP contribution in [0.1, 0.15) is 42.5 Å². The predicted molar refractivity (Wildman–Crippen MR) is 118 cm³/mol. The van der Waals surface area contributed by atoms with E-state index < -0.39 is 0 Å². The maximum absolute atomic E-state index is 5.02. The van der Waals surface area contributed by atoms with Crippen molar-refractivity contribution in [3.63, 3.8) is 0 Å². The Hall–Kier alpha value is -2.05. The van der Waals surface area contributed by atoms with E-state index in [0.717, 1.165) is 28.0 Å². The molecule has 0 aromatic carbocycles. The molecule has 5 nitrogen and oxygen atoms in total. The van der Waals surface area contributed by atoms with Crippen molar-refractivity contribution in [2.75, 3.05) is 25.0 Å². The summed E-state index contributed by atoms with van der Waals surface area (Å²) in [4.78, 5) is 19.5. The first kappa shape index (κ1) is 17.8. The van der Waals surface area contributed by atoms with Gasteiger partial charge < -0.3 is 10.2 Å². The molecule has 0 unspecified atom stereocenters. The molecule has 0 spiro atoms. The second-order valence-corrected chi connectivity index (χ2v) is 9.92. The Balaban J connectivity index is 1.31. The Bertz CT molecular complexity index is 1020. The van der Waals surface area contributed by atoms with Gasteiger partial charge in [0.25, 0.3) is 0 Å². The summed E-state index contributed by atoms with van der Waals surface area (Å²) in [5.41, 5.74) is 2.49. The van der Waals surface area contributed by atoms with Crippen LogP contribution in [-0.4, -0.2) is 45.5 Å². The van der Waals surface area contributed by atoms with Gasteiger partial charge in [-0.15, -0.1) is 11.3 Å². The van der Waals surface area contributed by atoms with Gasteiger partial charge in [-0.2, -0.15) is 0 Å². The first-order chi connectivity index (χ1) is 14.3. The summed E-state index contributed by atoms with van der Waals surface area (Å²) >= 11 is 1.87. The molecule has 0 amide bonds. The van der Waals surface area contributed by atoms with Crippen LogP contribution in [0.4, 0.5) is 5.82 Å². The zero-order valence-electron chi connectivity index (χ0n) is 16.7. The fourth-order valence-electron chi connectivity index (χ4n) is 4.84. The number of pyridine rings is 1. The summed E-state index contributed by atoms with van der Waals surface area (Å²) < 4.78 is 0. The zero-order chi connectivity index (χ0) is 19.2. The summed E-state index contributed by atoms with van der Waals surface area (Å²) in [7, 11) is 0. The quantitative estimate of drug-likeness (QED) is 0.676. The summed E-state index contributed by atoms with van der Waals surface area (Å²) in [6.07, 6.45) is 12.6. The molecule has 150 valence electrons. The second-order valence-electron chi connectivity index (χ2n) is 8.84. The minimum atomic E-state index is 0.502. The van der Waals surface area contributed by atoms with Crippen molar-refractivity contribution in [2.45, 2.75) is 51.0 Å². The van der Waals surface area contributed by atoms with Gasteiger partial charge in [0.05, 0.1) is 5.39 Å². The number of aromatic nitrogens is 3. The molecule has 0 bridgehead atoms. The molecule has 1 aliphatic heterocycles. The number of rotatable bonds is 5. The van der Waals surface area contributed by atoms with Crippen molar-refractivity contribution in [3.05, 3.63) is 35.0 Å². The SMILES string of the molecule is c1cncc(-c2nc(NC3CCN(CC4CC4)CC3)c3c4c(sc3n2)CCC4)c1. The van der Waals surface area contributed by atoms with Crippen molar-refractivity contribution in [1.82, 2.24) is 19.9 Å². The summed E-state index contributed by atoms with van der Waals surface area (Å²) in [5, 5.41) is 5.14. The monoisotopic (exact) mass is 405 g/mol.